The monoisotopic (exact) mass is 469 g/mol. The molecule has 1 fully saturated rings. The number of nitrogens with zero attached hydrogens (tertiary/aromatic N) is 3. The van der Waals surface area contributed by atoms with E-state index in [-0.39, 0.29) is 23.6 Å². The number of aryl methyl sites for hydroxylation is 2. The number of aliphatic hydroxyl groups is 1. The molecule has 1 unspecified atom stereocenters. The van der Waals surface area contributed by atoms with Crippen molar-refractivity contribution in [2.75, 3.05) is 6.54 Å². The molecule has 1 N–H and O–H groups in total. The quantitative estimate of drug-likeness (QED) is 0.260. The molecule has 1 aliphatic rings. The normalized spacial score (nSPS) is 17.5. The Balaban J connectivity index is 1.64. The molecule has 0 bridgehead atoms. The number of benzene rings is 2. The fraction of sp³-hybridized carbons (Fsp3) is 0.179. The molecule has 3 heterocycles. The van der Waals surface area contributed by atoms with Gasteiger partial charge in [-0.2, -0.15) is 0 Å². The Morgan fingerprint density at radius 1 is 1.00 bits per heavy atom. The largest absolute Gasteiger partial charge is 0.505 e. The van der Waals surface area contributed by atoms with E-state index in [9.17, 15) is 19.1 Å². The van der Waals surface area contributed by atoms with E-state index in [1.165, 1.54) is 29.2 Å². The van der Waals surface area contributed by atoms with Crippen molar-refractivity contribution in [2.45, 2.75) is 26.3 Å². The summed E-state index contributed by atoms with van der Waals surface area (Å²) in [5.41, 5.74) is 3.97. The highest BCUT2D eigenvalue weighted by Gasteiger charge is 2.46. The number of hydrogen-bond donors (Lipinski definition) is 1. The minimum atomic E-state index is -0.857. The summed E-state index contributed by atoms with van der Waals surface area (Å²) < 4.78 is 15.5. The lowest BCUT2D eigenvalue weighted by Crippen LogP contribution is -2.31. The van der Waals surface area contributed by atoms with Crippen molar-refractivity contribution in [3.63, 3.8) is 0 Å². The second kappa shape index (κ2) is 8.83. The topological polar surface area (TPSA) is 74.9 Å². The summed E-state index contributed by atoms with van der Waals surface area (Å²) >= 11 is 0. The van der Waals surface area contributed by atoms with Crippen LogP contribution in [-0.2, 0) is 16.0 Å². The number of carbonyl (C=O) groups excluding carboxylic acids is 2. The van der Waals surface area contributed by atoms with E-state index in [1.807, 2.05) is 60.0 Å². The van der Waals surface area contributed by atoms with Crippen LogP contribution in [0.3, 0.4) is 0 Å². The van der Waals surface area contributed by atoms with Gasteiger partial charge in [-0.15, -0.1) is 0 Å². The van der Waals surface area contributed by atoms with E-state index in [4.69, 9.17) is 0 Å². The number of hydrogen-bond acceptors (Lipinski definition) is 4. The summed E-state index contributed by atoms with van der Waals surface area (Å²) in [6, 6.07) is 18.2. The third-order valence-electron chi connectivity index (χ3n) is 6.52. The molecule has 7 heteroatoms. The Hall–Kier alpha value is -4.26. The maximum Gasteiger partial charge on any atom is 0.295 e. The van der Waals surface area contributed by atoms with Gasteiger partial charge in [0.15, 0.2) is 5.76 Å². The second-order valence-corrected chi connectivity index (χ2v) is 8.71. The Morgan fingerprint density at radius 3 is 2.40 bits per heavy atom. The minimum absolute atomic E-state index is 0.0428. The number of halogens is 1. The highest BCUT2D eigenvalue weighted by molar-refractivity contribution is 6.46. The molecular weight excluding hydrogens is 445 g/mol. The molecular formula is C28H24FN3O3. The first-order valence-electron chi connectivity index (χ1n) is 11.4. The van der Waals surface area contributed by atoms with Crippen molar-refractivity contribution in [1.82, 2.24) is 14.3 Å². The zero-order valence-corrected chi connectivity index (χ0v) is 19.4. The molecule has 6 nitrogen and oxygen atoms in total. The molecule has 0 radical (unpaired) electrons. The first kappa shape index (κ1) is 22.5. The second-order valence-electron chi connectivity index (χ2n) is 8.71. The van der Waals surface area contributed by atoms with E-state index in [0.717, 1.165) is 11.1 Å². The van der Waals surface area contributed by atoms with E-state index < -0.39 is 23.5 Å². The van der Waals surface area contributed by atoms with Crippen molar-refractivity contribution in [3.8, 4) is 0 Å². The number of aliphatic hydroxyl groups excluding tert-OH is 1. The zero-order valence-electron chi connectivity index (χ0n) is 19.4. The predicted octanol–water partition coefficient (Wildman–Crippen LogP) is 4.75. The van der Waals surface area contributed by atoms with Crippen LogP contribution in [0.5, 0.6) is 0 Å². The van der Waals surface area contributed by atoms with Crippen LogP contribution >= 0.6 is 0 Å². The van der Waals surface area contributed by atoms with Gasteiger partial charge in [0, 0.05) is 12.7 Å². The lowest BCUT2D eigenvalue weighted by Gasteiger charge is -2.25. The summed E-state index contributed by atoms with van der Waals surface area (Å²) in [6.45, 7) is 3.97. The number of imidazole rings is 1. The van der Waals surface area contributed by atoms with Gasteiger partial charge < -0.3 is 14.4 Å². The van der Waals surface area contributed by atoms with E-state index in [2.05, 4.69) is 4.98 Å². The van der Waals surface area contributed by atoms with Crippen molar-refractivity contribution >= 4 is 23.1 Å². The third kappa shape index (κ3) is 3.89. The van der Waals surface area contributed by atoms with Crippen LogP contribution < -0.4 is 0 Å². The maximum absolute atomic E-state index is 13.7. The molecule has 1 aliphatic heterocycles. The fourth-order valence-corrected chi connectivity index (χ4v) is 4.67. The van der Waals surface area contributed by atoms with Gasteiger partial charge in [0.25, 0.3) is 11.7 Å². The lowest BCUT2D eigenvalue weighted by atomic mass is 9.96. The van der Waals surface area contributed by atoms with Crippen molar-refractivity contribution in [2.24, 2.45) is 0 Å². The van der Waals surface area contributed by atoms with Gasteiger partial charge in [0.05, 0.1) is 17.3 Å². The summed E-state index contributed by atoms with van der Waals surface area (Å²) in [4.78, 5) is 32.5. The molecule has 35 heavy (non-hydrogen) atoms. The lowest BCUT2D eigenvalue weighted by molar-refractivity contribution is -0.139. The van der Waals surface area contributed by atoms with Crippen LogP contribution in [0.4, 0.5) is 4.39 Å². The van der Waals surface area contributed by atoms with Gasteiger partial charge in [-0.25, -0.2) is 9.37 Å². The third-order valence-corrected chi connectivity index (χ3v) is 6.52. The average Bonchev–Trinajstić information content (AvgIpc) is 3.33. The van der Waals surface area contributed by atoms with Gasteiger partial charge in [-0.3, -0.25) is 9.59 Å². The fourth-order valence-electron chi connectivity index (χ4n) is 4.67. The Labute approximate surface area is 202 Å². The summed E-state index contributed by atoms with van der Waals surface area (Å²) in [6.07, 6.45) is 2.36. The van der Waals surface area contributed by atoms with Gasteiger partial charge in [-0.1, -0.05) is 48.5 Å². The predicted molar refractivity (Wildman–Crippen MR) is 130 cm³/mol. The first-order chi connectivity index (χ1) is 16.9. The molecule has 2 aromatic carbocycles. The number of aromatic nitrogens is 2. The molecule has 2 aromatic heterocycles. The SMILES string of the molecule is Cc1cccn2c(C)c(/C(O)=C3\C(=O)C(=O)N(CCc4ccccc4)C3c3ccc(F)cc3)nc12. The molecule has 5 rings (SSSR count). The average molecular weight is 470 g/mol. The number of fused-ring (bicyclic) bond motifs is 1. The zero-order chi connectivity index (χ0) is 24.7. The van der Waals surface area contributed by atoms with Gasteiger partial charge >= 0.3 is 0 Å². The Morgan fingerprint density at radius 2 is 1.71 bits per heavy atom. The van der Waals surface area contributed by atoms with E-state index >= 15 is 0 Å². The number of carbonyl (C=O) groups is 2. The molecule has 0 spiro atoms. The van der Waals surface area contributed by atoms with Crippen molar-refractivity contribution in [1.29, 1.82) is 0 Å². The number of likely N-dealkylation sites (tertiary alicyclic amines) is 1. The van der Waals surface area contributed by atoms with Crippen LogP contribution in [0.15, 0.2) is 78.5 Å². The summed E-state index contributed by atoms with van der Waals surface area (Å²) in [7, 11) is 0. The van der Waals surface area contributed by atoms with Crippen LogP contribution in [0.2, 0.25) is 0 Å². The van der Waals surface area contributed by atoms with Crippen LogP contribution in [0, 0.1) is 19.7 Å². The van der Waals surface area contributed by atoms with Gasteiger partial charge in [0.1, 0.15) is 17.2 Å². The molecule has 1 amide bonds. The molecule has 1 atom stereocenters. The summed E-state index contributed by atoms with van der Waals surface area (Å²) in [5.74, 6) is -2.24. The molecule has 0 aliphatic carbocycles. The molecule has 4 aromatic rings. The van der Waals surface area contributed by atoms with Gasteiger partial charge in [-0.05, 0) is 55.2 Å². The number of pyridine rings is 1. The number of amides is 1. The Bertz CT molecular complexity index is 1470. The van der Waals surface area contributed by atoms with Gasteiger partial charge in [0.2, 0.25) is 0 Å². The first-order valence-corrected chi connectivity index (χ1v) is 11.4. The van der Waals surface area contributed by atoms with E-state index in [0.29, 0.717) is 23.3 Å². The minimum Gasteiger partial charge on any atom is -0.505 e. The molecule has 0 saturated carbocycles. The molecule has 176 valence electrons. The summed E-state index contributed by atoms with van der Waals surface area (Å²) in [5, 5.41) is 11.4. The molecule has 1 saturated heterocycles. The van der Waals surface area contributed by atoms with E-state index in [1.54, 1.807) is 6.92 Å². The number of ketones is 1. The number of Topliss-reactive ketones (excluding diaryl/α,β-unsaturated/α-hetero) is 1. The van der Waals surface area contributed by atoms with Crippen LogP contribution in [0.25, 0.3) is 11.4 Å². The highest BCUT2D eigenvalue weighted by Crippen LogP contribution is 2.40. The number of rotatable bonds is 5. The van der Waals surface area contributed by atoms with Crippen LogP contribution in [-0.4, -0.2) is 37.6 Å². The van der Waals surface area contributed by atoms with Crippen LogP contribution in [0.1, 0.15) is 34.1 Å². The van der Waals surface area contributed by atoms with Crippen molar-refractivity contribution < 1.29 is 19.1 Å². The standard InChI is InChI=1S/C28H24FN3O3/c1-17-7-6-15-31-18(2)23(30-27(17)31)25(33)22-24(20-10-12-21(29)13-11-20)32(28(35)26(22)34)16-14-19-8-4-3-5-9-19/h3-13,15,24,33H,14,16H2,1-2H3/b25-22+. The van der Waals surface area contributed by atoms with Crippen molar-refractivity contribution in [3.05, 3.63) is 112 Å². The highest BCUT2D eigenvalue weighted by atomic mass is 19.1. The maximum atomic E-state index is 13.7. The Kier molecular flexibility index (Phi) is 5.68. The smallest absolute Gasteiger partial charge is 0.295 e.